The molecule has 0 aliphatic carbocycles. The number of rotatable bonds is 5. The molecule has 1 heterocycles. The molecule has 1 atom stereocenters. The van der Waals surface area contributed by atoms with Crippen LogP contribution in [0.15, 0.2) is 42.5 Å². The van der Waals surface area contributed by atoms with Gasteiger partial charge in [-0.2, -0.15) is 0 Å². The van der Waals surface area contributed by atoms with Crippen LogP contribution >= 0.6 is 0 Å². The van der Waals surface area contributed by atoms with Gasteiger partial charge < -0.3 is 4.74 Å². The minimum atomic E-state index is -0.730. The molecule has 1 saturated heterocycles. The number of hydrogen-bond donors (Lipinski definition) is 2. The highest BCUT2D eigenvalue weighted by molar-refractivity contribution is 5.30. The van der Waals surface area contributed by atoms with E-state index in [1.807, 2.05) is 24.3 Å². The number of halogens is 2. The molecule has 3 rings (SSSR count). The van der Waals surface area contributed by atoms with E-state index >= 15 is 0 Å². The Kier molecular flexibility index (Phi) is 4.59. The fourth-order valence-electron chi connectivity index (χ4n) is 3.04. The van der Waals surface area contributed by atoms with E-state index < -0.39 is 17.3 Å². The molecule has 0 saturated carbocycles. The Hall–Kier alpha value is -1.98. The van der Waals surface area contributed by atoms with Gasteiger partial charge in [-0.05, 0) is 55.3 Å². The number of hydrogen-bond acceptors (Lipinski definition) is 3. The van der Waals surface area contributed by atoms with Crippen LogP contribution in [0, 0.1) is 11.6 Å². The van der Waals surface area contributed by atoms with Crippen molar-refractivity contribution in [3.63, 3.8) is 0 Å². The lowest BCUT2D eigenvalue weighted by atomic mass is 9.96. The molecule has 122 valence electrons. The van der Waals surface area contributed by atoms with Gasteiger partial charge in [0.25, 0.3) is 0 Å². The van der Waals surface area contributed by atoms with E-state index in [1.54, 1.807) is 7.11 Å². The molecule has 0 radical (unpaired) electrons. The normalized spacial score (nSPS) is 20.7. The lowest BCUT2D eigenvalue weighted by Crippen LogP contribution is -2.50. The molecule has 0 bridgehead atoms. The van der Waals surface area contributed by atoms with Gasteiger partial charge >= 0.3 is 0 Å². The van der Waals surface area contributed by atoms with E-state index in [-0.39, 0.29) is 0 Å². The molecule has 1 unspecified atom stereocenters. The maximum Gasteiger partial charge on any atom is 0.129 e. The summed E-state index contributed by atoms with van der Waals surface area (Å²) in [6, 6.07) is 11.3. The van der Waals surface area contributed by atoms with Crippen LogP contribution in [-0.4, -0.2) is 13.7 Å². The Morgan fingerprint density at radius 1 is 1.17 bits per heavy atom. The summed E-state index contributed by atoms with van der Waals surface area (Å²) in [4.78, 5) is 0. The zero-order valence-electron chi connectivity index (χ0n) is 13.0. The van der Waals surface area contributed by atoms with Crippen LogP contribution in [0.2, 0.25) is 0 Å². The predicted octanol–water partition coefficient (Wildman–Crippen LogP) is 3.30. The van der Waals surface area contributed by atoms with Crippen LogP contribution in [0.4, 0.5) is 8.78 Å². The Labute approximate surface area is 134 Å². The van der Waals surface area contributed by atoms with Gasteiger partial charge in [-0.25, -0.2) is 8.78 Å². The second-order valence-corrected chi connectivity index (χ2v) is 5.76. The molecule has 3 nitrogen and oxygen atoms in total. The number of ether oxygens (including phenoxy) is 1. The molecule has 1 aliphatic heterocycles. The third kappa shape index (κ3) is 3.35. The molecule has 5 heteroatoms. The van der Waals surface area contributed by atoms with Crippen molar-refractivity contribution < 1.29 is 13.5 Å². The largest absolute Gasteiger partial charge is 0.497 e. The second kappa shape index (κ2) is 6.64. The summed E-state index contributed by atoms with van der Waals surface area (Å²) >= 11 is 0. The maximum atomic E-state index is 14.2. The molecule has 23 heavy (non-hydrogen) atoms. The van der Waals surface area contributed by atoms with Crippen LogP contribution < -0.4 is 15.4 Å². The van der Waals surface area contributed by atoms with Crippen molar-refractivity contribution >= 4 is 0 Å². The van der Waals surface area contributed by atoms with Crippen LogP contribution in [0.25, 0.3) is 0 Å². The molecule has 0 amide bonds. The molecule has 0 spiro atoms. The van der Waals surface area contributed by atoms with Crippen LogP contribution in [0.3, 0.4) is 0 Å². The van der Waals surface area contributed by atoms with E-state index in [2.05, 4.69) is 10.6 Å². The molecule has 0 aromatic heterocycles. The number of benzene rings is 2. The molecular weight excluding hydrogens is 298 g/mol. The van der Waals surface area contributed by atoms with E-state index in [9.17, 15) is 8.78 Å². The van der Waals surface area contributed by atoms with Crippen molar-refractivity contribution in [3.8, 4) is 5.75 Å². The van der Waals surface area contributed by atoms with Gasteiger partial charge in [0, 0.05) is 12.1 Å². The Morgan fingerprint density at radius 2 is 1.96 bits per heavy atom. The van der Waals surface area contributed by atoms with Gasteiger partial charge in [0.1, 0.15) is 17.4 Å². The third-order valence-corrected chi connectivity index (χ3v) is 4.30. The first-order chi connectivity index (χ1) is 11.1. The fraction of sp³-hybridized carbons (Fsp3) is 0.333. The second-order valence-electron chi connectivity index (χ2n) is 5.76. The summed E-state index contributed by atoms with van der Waals surface area (Å²) < 4.78 is 32.9. The van der Waals surface area contributed by atoms with E-state index in [4.69, 9.17) is 4.74 Å². The summed E-state index contributed by atoms with van der Waals surface area (Å²) in [5.74, 6) is -0.0395. The Balaban J connectivity index is 1.82. The highest BCUT2D eigenvalue weighted by Crippen LogP contribution is 2.31. The molecule has 1 fully saturated rings. The van der Waals surface area contributed by atoms with Crippen molar-refractivity contribution in [2.75, 3.05) is 13.7 Å². The van der Waals surface area contributed by atoms with Gasteiger partial charge in [0.2, 0.25) is 0 Å². The lowest BCUT2D eigenvalue weighted by Gasteiger charge is -2.32. The third-order valence-electron chi connectivity index (χ3n) is 4.30. The zero-order chi connectivity index (χ0) is 16.3. The first kappa shape index (κ1) is 15.9. The fourth-order valence-corrected chi connectivity index (χ4v) is 3.04. The Bertz CT molecular complexity index is 667. The number of nitrogens with one attached hydrogen (secondary N) is 2. The molecular formula is C18H20F2N2O. The topological polar surface area (TPSA) is 33.3 Å². The van der Waals surface area contributed by atoms with Crippen molar-refractivity contribution in [2.45, 2.75) is 25.0 Å². The van der Waals surface area contributed by atoms with Gasteiger partial charge in [0.05, 0.1) is 12.8 Å². The first-order valence-corrected chi connectivity index (χ1v) is 7.71. The molecule has 1 aliphatic rings. The minimum Gasteiger partial charge on any atom is -0.497 e. The summed E-state index contributed by atoms with van der Waals surface area (Å²) in [6.45, 7) is 1.32. The van der Waals surface area contributed by atoms with Gasteiger partial charge in [-0.1, -0.05) is 12.1 Å². The molecule has 2 aromatic rings. The highest BCUT2D eigenvalue weighted by Gasteiger charge is 2.37. The minimum absolute atomic E-state index is 0.337. The lowest BCUT2D eigenvalue weighted by molar-refractivity contribution is 0.286. The van der Waals surface area contributed by atoms with E-state index in [0.29, 0.717) is 18.5 Å². The van der Waals surface area contributed by atoms with Crippen LogP contribution in [0.5, 0.6) is 5.75 Å². The maximum absolute atomic E-state index is 14.2. The molecule has 2 N–H and O–H groups in total. The van der Waals surface area contributed by atoms with Crippen molar-refractivity contribution in [3.05, 3.63) is 65.2 Å². The van der Waals surface area contributed by atoms with Crippen LogP contribution in [0.1, 0.15) is 24.0 Å². The SMILES string of the molecule is COc1ccc(CNC2(c3cc(F)ccc3F)CCCN2)cc1. The van der Waals surface area contributed by atoms with Crippen molar-refractivity contribution in [2.24, 2.45) is 0 Å². The van der Waals surface area contributed by atoms with E-state index in [0.717, 1.165) is 30.3 Å². The van der Waals surface area contributed by atoms with Gasteiger partial charge in [-0.3, -0.25) is 10.6 Å². The summed E-state index contributed by atoms with van der Waals surface area (Å²) in [7, 11) is 1.62. The molecule has 2 aromatic carbocycles. The Morgan fingerprint density at radius 3 is 2.61 bits per heavy atom. The van der Waals surface area contributed by atoms with Crippen molar-refractivity contribution in [1.29, 1.82) is 0 Å². The summed E-state index contributed by atoms with van der Waals surface area (Å²) in [5, 5.41) is 6.68. The average Bonchev–Trinajstić information content (AvgIpc) is 3.05. The van der Waals surface area contributed by atoms with Crippen molar-refractivity contribution in [1.82, 2.24) is 10.6 Å². The predicted molar refractivity (Wildman–Crippen MR) is 85.1 cm³/mol. The van der Waals surface area contributed by atoms with Gasteiger partial charge in [0.15, 0.2) is 0 Å². The average molecular weight is 318 g/mol. The quantitative estimate of drug-likeness (QED) is 0.887. The van der Waals surface area contributed by atoms with Gasteiger partial charge in [-0.15, -0.1) is 0 Å². The first-order valence-electron chi connectivity index (χ1n) is 7.71. The monoisotopic (exact) mass is 318 g/mol. The zero-order valence-corrected chi connectivity index (χ0v) is 13.0. The van der Waals surface area contributed by atoms with Crippen LogP contribution in [-0.2, 0) is 12.2 Å². The number of methoxy groups -OCH3 is 1. The summed E-state index contributed by atoms with van der Waals surface area (Å²) in [5.41, 5.74) is 0.658. The standard InChI is InChI=1S/C18H20F2N2O/c1-23-15-6-3-13(4-7-15)12-22-18(9-2-10-21-18)16-11-14(19)5-8-17(16)20/h3-8,11,21-22H,2,9-10,12H2,1H3. The smallest absolute Gasteiger partial charge is 0.129 e. The summed E-state index contributed by atoms with van der Waals surface area (Å²) in [6.07, 6.45) is 1.62. The van der Waals surface area contributed by atoms with E-state index in [1.165, 1.54) is 12.1 Å². The highest BCUT2D eigenvalue weighted by atomic mass is 19.1.